The largest absolute Gasteiger partial charge is 0.143 e. The maximum Gasteiger partial charge on any atom is 0.132 e. The lowest BCUT2D eigenvalue weighted by Gasteiger charge is -2.64. The van der Waals surface area contributed by atoms with E-state index in [1.54, 1.807) is 11.3 Å². The van der Waals surface area contributed by atoms with E-state index in [0.29, 0.717) is 22.1 Å². The van der Waals surface area contributed by atoms with Crippen LogP contribution in [0, 0.1) is 16.7 Å². The molecule has 19 heavy (non-hydrogen) atoms. The van der Waals surface area contributed by atoms with Crippen LogP contribution in [-0.4, -0.2) is 10.2 Å². The first kappa shape index (κ1) is 12.6. The van der Waals surface area contributed by atoms with Gasteiger partial charge in [0.1, 0.15) is 10.0 Å². The van der Waals surface area contributed by atoms with Gasteiger partial charge < -0.3 is 0 Å². The van der Waals surface area contributed by atoms with Crippen molar-refractivity contribution in [1.82, 2.24) is 10.2 Å². The number of nitrogens with zero attached hydrogens (tertiary/aromatic N) is 2. The van der Waals surface area contributed by atoms with Crippen LogP contribution >= 0.6 is 22.9 Å². The number of aromatic nitrogens is 2. The first-order valence-electron chi connectivity index (χ1n) is 7.33. The van der Waals surface area contributed by atoms with Gasteiger partial charge in [0.05, 0.1) is 5.88 Å². The molecule has 2 atom stereocenters. The summed E-state index contributed by atoms with van der Waals surface area (Å²) in [6.45, 7) is 5.02. The third kappa shape index (κ3) is 1.80. The zero-order valence-electron chi connectivity index (χ0n) is 11.7. The van der Waals surface area contributed by atoms with E-state index < -0.39 is 0 Å². The van der Waals surface area contributed by atoms with Crippen LogP contribution in [0.5, 0.6) is 0 Å². The Hall–Kier alpha value is -0.150. The highest BCUT2D eigenvalue weighted by Crippen LogP contribution is 2.69. The fraction of sp³-hybridized carbons (Fsp3) is 0.867. The van der Waals surface area contributed by atoms with E-state index in [0.717, 1.165) is 10.9 Å². The van der Waals surface area contributed by atoms with Crippen LogP contribution in [-0.2, 0) is 11.3 Å². The average Bonchev–Trinajstić information content (AvgIpc) is 2.72. The molecule has 0 aliphatic heterocycles. The van der Waals surface area contributed by atoms with E-state index in [1.807, 2.05) is 0 Å². The highest BCUT2D eigenvalue weighted by Gasteiger charge is 2.61. The molecule has 0 spiro atoms. The second-order valence-corrected chi connectivity index (χ2v) is 9.37. The maximum absolute atomic E-state index is 5.91. The first-order chi connectivity index (χ1) is 8.94. The second-order valence-electron chi connectivity index (χ2n) is 8.04. The molecule has 1 heterocycles. The number of alkyl halides is 1. The standard InChI is InChI=1S/C15H21ClN2S/c1-13-3-10-4-14(2,7-13)9-15(5-10,8-13)12-18-17-11(6-16)19-12/h10H,3-9H2,1-2H3. The highest BCUT2D eigenvalue weighted by atomic mass is 35.5. The smallest absolute Gasteiger partial charge is 0.132 e. The lowest BCUT2D eigenvalue weighted by atomic mass is 9.40. The van der Waals surface area contributed by atoms with Crippen molar-refractivity contribution >= 4 is 22.9 Å². The number of rotatable bonds is 2. The Labute approximate surface area is 124 Å². The minimum Gasteiger partial charge on any atom is -0.143 e. The Bertz CT molecular complexity index is 508. The normalized spacial score (nSPS) is 47.8. The maximum atomic E-state index is 5.91. The topological polar surface area (TPSA) is 25.8 Å². The van der Waals surface area contributed by atoms with Crippen molar-refractivity contribution in [3.63, 3.8) is 0 Å². The molecule has 0 aromatic carbocycles. The van der Waals surface area contributed by atoms with Crippen molar-refractivity contribution in [2.45, 2.75) is 63.7 Å². The molecule has 4 bridgehead atoms. The van der Waals surface area contributed by atoms with Crippen molar-refractivity contribution in [2.24, 2.45) is 16.7 Å². The van der Waals surface area contributed by atoms with Gasteiger partial charge in [-0.3, -0.25) is 0 Å². The molecule has 4 aliphatic carbocycles. The van der Waals surface area contributed by atoms with E-state index >= 15 is 0 Å². The molecule has 0 radical (unpaired) electrons. The van der Waals surface area contributed by atoms with Gasteiger partial charge in [0.2, 0.25) is 0 Å². The van der Waals surface area contributed by atoms with Gasteiger partial charge in [-0.05, 0) is 55.3 Å². The van der Waals surface area contributed by atoms with E-state index in [9.17, 15) is 0 Å². The van der Waals surface area contributed by atoms with Crippen LogP contribution in [0.15, 0.2) is 0 Å². The van der Waals surface area contributed by atoms with Crippen LogP contribution in [0.4, 0.5) is 0 Å². The summed E-state index contributed by atoms with van der Waals surface area (Å²) in [6.07, 6.45) is 8.28. The van der Waals surface area contributed by atoms with Gasteiger partial charge in [0.25, 0.3) is 0 Å². The highest BCUT2D eigenvalue weighted by molar-refractivity contribution is 7.11. The summed E-state index contributed by atoms with van der Waals surface area (Å²) in [4.78, 5) is 0. The fourth-order valence-corrected chi connectivity index (χ4v) is 7.31. The molecular formula is C15H21ClN2S. The summed E-state index contributed by atoms with van der Waals surface area (Å²) >= 11 is 7.68. The monoisotopic (exact) mass is 296 g/mol. The van der Waals surface area contributed by atoms with Gasteiger partial charge in [-0.1, -0.05) is 25.2 Å². The van der Waals surface area contributed by atoms with Gasteiger partial charge in [-0.15, -0.1) is 21.8 Å². The molecule has 2 nitrogen and oxygen atoms in total. The van der Waals surface area contributed by atoms with E-state index in [1.165, 1.54) is 43.5 Å². The van der Waals surface area contributed by atoms with E-state index in [2.05, 4.69) is 24.0 Å². The molecule has 4 aliphatic rings. The van der Waals surface area contributed by atoms with Crippen LogP contribution in [0.3, 0.4) is 0 Å². The molecule has 4 saturated carbocycles. The Morgan fingerprint density at radius 3 is 2.32 bits per heavy atom. The van der Waals surface area contributed by atoms with Crippen LogP contribution in [0.1, 0.15) is 62.4 Å². The Balaban J connectivity index is 1.78. The van der Waals surface area contributed by atoms with Gasteiger partial charge in [-0.2, -0.15) is 0 Å². The average molecular weight is 297 g/mol. The van der Waals surface area contributed by atoms with Crippen LogP contribution < -0.4 is 0 Å². The Kier molecular flexibility index (Phi) is 2.47. The zero-order chi connectivity index (χ0) is 13.3. The molecule has 0 saturated heterocycles. The molecule has 1 aromatic heterocycles. The van der Waals surface area contributed by atoms with Gasteiger partial charge >= 0.3 is 0 Å². The summed E-state index contributed by atoms with van der Waals surface area (Å²) in [6, 6.07) is 0. The van der Waals surface area contributed by atoms with Crippen molar-refractivity contribution < 1.29 is 0 Å². The molecule has 0 N–H and O–H groups in total. The lowest BCUT2D eigenvalue weighted by molar-refractivity contribution is -0.110. The van der Waals surface area contributed by atoms with Gasteiger partial charge in [-0.25, -0.2) is 0 Å². The minimum absolute atomic E-state index is 0.324. The molecular weight excluding hydrogens is 276 g/mol. The third-order valence-electron chi connectivity index (χ3n) is 5.66. The second kappa shape index (κ2) is 3.73. The molecule has 104 valence electrons. The summed E-state index contributed by atoms with van der Waals surface area (Å²) in [5.74, 6) is 1.42. The SMILES string of the molecule is CC12CC3CC(C)(C1)CC(c1nnc(CCl)s1)(C3)C2. The van der Waals surface area contributed by atoms with Crippen molar-refractivity contribution in [3.05, 3.63) is 10.0 Å². The number of halogens is 1. The first-order valence-corrected chi connectivity index (χ1v) is 8.68. The molecule has 1 aromatic rings. The Morgan fingerprint density at radius 2 is 1.79 bits per heavy atom. The number of hydrogen-bond acceptors (Lipinski definition) is 3. The quantitative estimate of drug-likeness (QED) is 0.750. The van der Waals surface area contributed by atoms with Gasteiger partial charge in [0, 0.05) is 5.41 Å². The summed E-state index contributed by atoms with van der Waals surface area (Å²) < 4.78 is 0. The van der Waals surface area contributed by atoms with Crippen LogP contribution in [0.2, 0.25) is 0 Å². The summed E-state index contributed by atoms with van der Waals surface area (Å²) in [7, 11) is 0. The predicted molar refractivity (Wildman–Crippen MR) is 78.6 cm³/mol. The Morgan fingerprint density at radius 1 is 1.11 bits per heavy atom. The van der Waals surface area contributed by atoms with Crippen LogP contribution in [0.25, 0.3) is 0 Å². The molecule has 4 heteroatoms. The predicted octanol–water partition coefficient (Wildman–Crippen LogP) is 4.52. The molecule has 2 unspecified atom stereocenters. The minimum atomic E-state index is 0.324. The van der Waals surface area contributed by atoms with Gasteiger partial charge in [0.15, 0.2) is 0 Å². The van der Waals surface area contributed by atoms with E-state index in [4.69, 9.17) is 11.6 Å². The lowest BCUT2D eigenvalue weighted by Crippen LogP contribution is -2.56. The summed E-state index contributed by atoms with van der Waals surface area (Å²) in [5, 5.41) is 11.1. The van der Waals surface area contributed by atoms with Crippen molar-refractivity contribution in [1.29, 1.82) is 0 Å². The van der Waals surface area contributed by atoms with Crippen molar-refractivity contribution in [3.8, 4) is 0 Å². The van der Waals surface area contributed by atoms with E-state index in [-0.39, 0.29) is 0 Å². The zero-order valence-corrected chi connectivity index (χ0v) is 13.3. The summed E-state index contributed by atoms with van der Waals surface area (Å²) in [5.41, 5.74) is 1.41. The molecule has 0 amide bonds. The number of hydrogen-bond donors (Lipinski definition) is 0. The fourth-order valence-electron chi connectivity index (χ4n) is 6.21. The van der Waals surface area contributed by atoms with Crippen molar-refractivity contribution in [2.75, 3.05) is 0 Å². The molecule has 5 rings (SSSR count). The molecule has 4 fully saturated rings. The third-order valence-corrected chi connectivity index (χ3v) is 7.24.